The number of benzene rings is 2. The second-order valence-electron chi connectivity index (χ2n) is 5.91. The Morgan fingerprint density at radius 2 is 2.00 bits per heavy atom. The van der Waals surface area contributed by atoms with Crippen LogP contribution in [0.4, 0.5) is 15.8 Å². The number of para-hydroxylation sites is 1. The van der Waals surface area contributed by atoms with Crippen LogP contribution in [0.5, 0.6) is 0 Å². The standard InChI is InChI=1S/C20H17ClFN3O2/c21-16-3-1-2-4-18(16)24-20(26)15(13-23)11-14-5-6-19(17(22)12-14)25-7-9-27-10-8-25/h1-6,11-12H,7-10H2,(H,24,26)/b15-11-. The smallest absolute Gasteiger partial charge is 0.266 e. The van der Waals surface area contributed by atoms with Crippen molar-refractivity contribution in [1.29, 1.82) is 5.26 Å². The third kappa shape index (κ3) is 4.64. The third-order valence-electron chi connectivity index (χ3n) is 4.12. The second-order valence-corrected chi connectivity index (χ2v) is 6.32. The highest BCUT2D eigenvalue weighted by Gasteiger charge is 2.16. The summed E-state index contributed by atoms with van der Waals surface area (Å²) in [5.41, 5.74) is 1.16. The fourth-order valence-corrected chi connectivity index (χ4v) is 2.92. The highest BCUT2D eigenvalue weighted by molar-refractivity contribution is 6.34. The minimum absolute atomic E-state index is 0.145. The molecule has 0 aromatic heterocycles. The van der Waals surface area contributed by atoms with E-state index in [4.69, 9.17) is 16.3 Å². The van der Waals surface area contributed by atoms with Gasteiger partial charge in [0.05, 0.1) is 29.6 Å². The van der Waals surface area contributed by atoms with Crippen molar-refractivity contribution in [1.82, 2.24) is 0 Å². The average molecular weight is 386 g/mol. The number of carbonyl (C=O) groups excluding carboxylic acids is 1. The molecule has 0 aliphatic carbocycles. The van der Waals surface area contributed by atoms with E-state index in [1.165, 1.54) is 12.1 Å². The maximum absolute atomic E-state index is 14.5. The van der Waals surface area contributed by atoms with Crippen molar-refractivity contribution in [2.45, 2.75) is 0 Å². The van der Waals surface area contributed by atoms with Gasteiger partial charge in [-0.2, -0.15) is 5.26 Å². The molecule has 1 fully saturated rings. The van der Waals surface area contributed by atoms with E-state index >= 15 is 0 Å². The molecular formula is C20H17ClFN3O2. The van der Waals surface area contributed by atoms with Gasteiger partial charge in [0.1, 0.15) is 17.5 Å². The predicted molar refractivity (Wildman–Crippen MR) is 103 cm³/mol. The number of nitriles is 1. The molecule has 3 rings (SSSR count). The van der Waals surface area contributed by atoms with E-state index in [2.05, 4.69) is 5.32 Å². The predicted octanol–water partition coefficient (Wildman–Crippen LogP) is 3.86. The molecule has 1 saturated heterocycles. The molecule has 2 aromatic carbocycles. The molecule has 1 heterocycles. The molecule has 7 heteroatoms. The van der Waals surface area contributed by atoms with Crippen molar-refractivity contribution in [3.05, 3.63) is 64.4 Å². The number of carbonyl (C=O) groups is 1. The van der Waals surface area contributed by atoms with Crippen molar-refractivity contribution in [2.24, 2.45) is 0 Å². The van der Waals surface area contributed by atoms with Gasteiger partial charge in [0.25, 0.3) is 5.91 Å². The van der Waals surface area contributed by atoms with Gasteiger partial charge in [0.2, 0.25) is 0 Å². The van der Waals surface area contributed by atoms with Crippen LogP contribution in [0.15, 0.2) is 48.0 Å². The summed E-state index contributed by atoms with van der Waals surface area (Å²) in [7, 11) is 0. The summed E-state index contributed by atoms with van der Waals surface area (Å²) in [6.45, 7) is 2.36. The topological polar surface area (TPSA) is 65.4 Å². The normalized spacial score (nSPS) is 14.6. The zero-order chi connectivity index (χ0) is 19.2. The van der Waals surface area contributed by atoms with E-state index < -0.39 is 11.7 Å². The molecule has 27 heavy (non-hydrogen) atoms. The number of hydrogen-bond donors (Lipinski definition) is 1. The highest BCUT2D eigenvalue weighted by atomic mass is 35.5. The number of hydrogen-bond acceptors (Lipinski definition) is 4. The first kappa shape index (κ1) is 18.9. The number of anilines is 2. The van der Waals surface area contributed by atoms with Gasteiger partial charge < -0.3 is 15.0 Å². The number of morpholine rings is 1. The van der Waals surface area contributed by atoms with Crippen LogP contribution >= 0.6 is 11.6 Å². The molecule has 1 aliphatic heterocycles. The Kier molecular flexibility index (Phi) is 6.07. The zero-order valence-electron chi connectivity index (χ0n) is 14.4. The molecule has 138 valence electrons. The van der Waals surface area contributed by atoms with E-state index in [-0.39, 0.29) is 5.57 Å². The Balaban J connectivity index is 1.79. The van der Waals surface area contributed by atoms with Crippen LogP contribution < -0.4 is 10.2 Å². The highest BCUT2D eigenvalue weighted by Crippen LogP contribution is 2.24. The first-order chi connectivity index (χ1) is 13.1. The number of nitrogens with one attached hydrogen (secondary N) is 1. The van der Waals surface area contributed by atoms with Crippen LogP contribution in [0, 0.1) is 17.1 Å². The first-order valence-electron chi connectivity index (χ1n) is 8.38. The van der Waals surface area contributed by atoms with Crippen LogP contribution in [0.1, 0.15) is 5.56 Å². The SMILES string of the molecule is N#C/C(=C/c1ccc(N2CCOCC2)c(F)c1)C(=O)Nc1ccccc1Cl. The summed E-state index contributed by atoms with van der Waals surface area (Å²) in [5, 5.41) is 12.3. The van der Waals surface area contributed by atoms with E-state index in [9.17, 15) is 14.4 Å². The molecule has 0 atom stereocenters. The fourth-order valence-electron chi connectivity index (χ4n) is 2.74. The van der Waals surface area contributed by atoms with Gasteiger partial charge in [0, 0.05) is 13.1 Å². The maximum Gasteiger partial charge on any atom is 0.266 e. The van der Waals surface area contributed by atoms with Crippen LogP contribution in [0.2, 0.25) is 5.02 Å². The van der Waals surface area contributed by atoms with Gasteiger partial charge in [-0.05, 0) is 35.9 Å². The molecule has 0 unspecified atom stereocenters. The average Bonchev–Trinajstić information content (AvgIpc) is 2.68. The number of rotatable bonds is 4. The van der Waals surface area contributed by atoms with E-state index in [1.54, 1.807) is 36.4 Å². The third-order valence-corrected chi connectivity index (χ3v) is 4.45. The lowest BCUT2D eigenvalue weighted by Crippen LogP contribution is -2.36. The molecule has 0 bridgehead atoms. The van der Waals surface area contributed by atoms with Gasteiger partial charge in [-0.15, -0.1) is 0 Å². The van der Waals surface area contributed by atoms with Crippen molar-refractivity contribution >= 4 is 35.0 Å². The van der Waals surface area contributed by atoms with Gasteiger partial charge in [-0.25, -0.2) is 4.39 Å². The quantitative estimate of drug-likeness (QED) is 0.641. The monoisotopic (exact) mass is 385 g/mol. The molecule has 5 nitrogen and oxygen atoms in total. The zero-order valence-corrected chi connectivity index (χ0v) is 15.2. The Bertz CT molecular complexity index is 918. The lowest BCUT2D eigenvalue weighted by molar-refractivity contribution is -0.112. The Morgan fingerprint density at radius 3 is 2.67 bits per heavy atom. The summed E-state index contributed by atoms with van der Waals surface area (Å²) < 4.78 is 19.7. The number of amides is 1. The number of nitrogens with zero attached hydrogens (tertiary/aromatic N) is 2. The maximum atomic E-state index is 14.5. The van der Waals surface area contributed by atoms with Crippen LogP contribution in [0.25, 0.3) is 6.08 Å². The van der Waals surface area contributed by atoms with Gasteiger partial charge >= 0.3 is 0 Å². The minimum atomic E-state index is -0.608. The molecule has 0 spiro atoms. The lowest BCUT2D eigenvalue weighted by Gasteiger charge is -2.29. The van der Waals surface area contributed by atoms with Crippen molar-refractivity contribution in [2.75, 3.05) is 36.5 Å². The number of ether oxygens (including phenoxy) is 1. The van der Waals surface area contributed by atoms with Crippen molar-refractivity contribution < 1.29 is 13.9 Å². The molecule has 0 radical (unpaired) electrons. The van der Waals surface area contributed by atoms with Gasteiger partial charge in [-0.3, -0.25) is 4.79 Å². The molecule has 1 amide bonds. The summed E-state index contributed by atoms with van der Waals surface area (Å²) in [6.07, 6.45) is 1.35. The first-order valence-corrected chi connectivity index (χ1v) is 8.76. The fraction of sp³-hybridized carbons (Fsp3) is 0.200. The van der Waals surface area contributed by atoms with Gasteiger partial charge in [-0.1, -0.05) is 29.8 Å². The summed E-state index contributed by atoms with van der Waals surface area (Å²) >= 11 is 6.01. The lowest BCUT2D eigenvalue weighted by atomic mass is 10.1. The van der Waals surface area contributed by atoms with Crippen molar-refractivity contribution in [3.63, 3.8) is 0 Å². The second kappa shape index (κ2) is 8.67. The van der Waals surface area contributed by atoms with E-state index in [0.717, 1.165) is 0 Å². The van der Waals surface area contributed by atoms with Crippen molar-refractivity contribution in [3.8, 4) is 6.07 Å². The molecule has 0 saturated carbocycles. The Hall–Kier alpha value is -2.88. The van der Waals surface area contributed by atoms with E-state index in [1.807, 2.05) is 11.0 Å². The Morgan fingerprint density at radius 1 is 1.26 bits per heavy atom. The minimum Gasteiger partial charge on any atom is -0.378 e. The van der Waals surface area contributed by atoms with Crippen LogP contribution in [-0.4, -0.2) is 32.2 Å². The van der Waals surface area contributed by atoms with Crippen LogP contribution in [-0.2, 0) is 9.53 Å². The van der Waals surface area contributed by atoms with Crippen LogP contribution in [0.3, 0.4) is 0 Å². The molecule has 1 N–H and O–H groups in total. The molecule has 1 aliphatic rings. The summed E-state index contributed by atoms with van der Waals surface area (Å²) in [6, 6.07) is 13.2. The number of halogens is 2. The van der Waals surface area contributed by atoms with E-state index in [0.29, 0.717) is 48.3 Å². The summed E-state index contributed by atoms with van der Waals surface area (Å²) in [4.78, 5) is 14.2. The largest absolute Gasteiger partial charge is 0.378 e. The molecule has 2 aromatic rings. The summed E-state index contributed by atoms with van der Waals surface area (Å²) in [5.74, 6) is -1.02. The Labute approximate surface area is 161 Å². The molecular weight excluding hydrogens is 369 g/mol. The van der Waals surface area contributed by atoms with Gasteiger partial charge in [0.15, 0.2) is 0 Å².